The van der Waals surface area contributed by atoms with Gasteiger partial charge >= 0.3 is 5.97 Å². The number of nitrogens with zero attached hydrogens (tertiary/aromatic N) is 1. The molecule has 1 saturated heterocycles. The van der Waals surface area contributed by atoms with E-state index in [0.29, 0.717) is 10.6 Å². The molecular weight excluding hydrogens is 256 g/mol. The minimum absolute atomic E-state index is 0.140. The maximum Gasteiger partial charge on any atom is 0.311 e. The second-order valence-electron chi connectivity index (χ2n) is 4.21. The molecule has 0 aromatic carbocycles. The number of carboxylic acids is 1. The number of carbonyl (C=O) groups excluding carboxylic acids is 1. The van der Waals surface area contributed by atoms with Gasteiger partial charge in [-0.1, -0.05) is 0 Å². The van der Waals surface area contributed by atoms with Crippen LogP contribution in [0, 0.1) is 19.8 Å². The van der Waals surface area contributed by atoms with Crippen LogP contribution in [0.4, 0.5) is 0 Å². The SMILES string of the molecule is Cc1nc(C)c(C(=O)NC2COCC2C(=O)O)s1. The maximum atomic E-state index is 12.0. The van der Waals surface area contributed by atoms with Crippen LogP contribution in [-0.4, -0.2) is 41.2 Å². The molecule has 1 aromatic rings. The van der Waals surface area contributed by atoms with E-state index < -0.39 is 17.9 Å². The van der Waals surface area contributed by atoms with Gasteiger partial charge in [0.15, 0.2) is 0 Å². The molecule has 1 amide bonds. The molecule has 0 radical (unpaired) electrons. The number of amides is 1. The fourth-order valence-electron chi connectivity index (χ4n) is 1.92. The van der Waals surface area contributed by atoms with E-state index >= 15 is 0 Å². The highest BCUT2D eigenvalue weighted by Gasteiger charge is 2.35. The van der Waals surface area contributed by atoms with Crippen molar-refractivity contribution in [1.29, 1.82) is 0 Å². The number of rotatable bonds is 3. The number of aryl methyl sites for hydroxylation is 2. The van der Waals surface area contributed by atoms with Crippen LogP contribution in [0.15, 0.2) is 0 Å². The van der Waals surface area contributed by atoms with Crippen LogP contribution < -0.4 is 5.32 Å². The van der Waals surface area contributed by atoms with E-state index in [-0.39, 0.29) is 19.1 Å². The van der Waals surface area contributed by atoms with E-state index in [1.807, 2.05) is 6.92 Å². The number of aliphatic carboxylic acids is 1. The van der Waals surface area contributed by atoms with Crippen molar-refractivity contribution < 1.29 is 19.4 Å². The fourth-order valence-corrected chi connectivity index (χ4v) is 2.74. The third kappa shape index (κ3) is 2.51. The lowest BCUT2D eigenvalue weighted by Crippen LogP contribution is -2.42. The molecule has 2 atom stereocenters. The first-order valence-corrected chi connectivity index (χ1v) is 6.36. The number of hydrogen-bond acceptors (Lipinski definition) is 5. The zero-order valence-electron chi connectivity index (χ0n) is 10.1. The van der Waals surface area contributed by atoms with Crippen molar-refractivity contribution in [2.75, 3.05) is 13.2 Å². The second kappa shape index (κ2) is 5.03. The summed E-state index contributed by atoms with van der Waals surface area (Å²) >= 11 is 1.30. The third-order valence-corrected chi connectivity index (χ3v) is 3.90. The summed E-state index contributed by atoms with van der Waals surface area (Å²) in [7, 11) is 0. The van der Waals surface area contributed by atoms with E-state index in [2.05, 4.69) is 10.3 Å². The van der Waals surface area contributed by atoms with Crippen molar-refractivity contribution >= 4 is 23.2 Å². The van der Waals surface area contributed by atoms with E-state index in [4.69, 9.17) is 9.84 Å². The number of nitrogens with one attached hydrogen (secondary N) is 1. The van der Waals surface area contributed by atoms with Crippen LogP contribution in [0.5, 0.6) is 0 Å². The predicted molar refractivity (Wildman–Crippen MR) is 64.8 cm³/mol. The molecular formula is C11H14N2O4S. The van der Waals surface area contributed by atoms with Gasteiger partial charge in [-0.25, -0.2) is 4.98 Å². The maximum absolute atomic E-state index is 12.0. The monoisotopic (exact) mass is 270 g/mol. The van der Waals surface area contributed by atoms with Gasteiger partial charge in [-0.2, -0.15) is 0 Å². The molecule has 2 N–H and O–H groups in total. The van der Waals surface area contributed by atoms with Gasteiger partial charge in [-0.05, 0) is 13.8 Å². The van der Waals surface area contributed by atoms with Crippen molar-refractivity contribution in [3.63, 3.8) is 0 Å². The lowest BCUT2D eigenvalue weighted by atomic mass is 10.0. The second-order valence-corrected chi connectivity index (χ2v) is 5.41. The summed E-state index contributed by atoms with van der Waals surface area (Å²) in [6, 6.07) is -0.475. The highest BCUT2D eigenvalue weighted by molar-refractivity contribution is 7.13. The van der Waals surface area contributed by atoms with Crippen LogP contribution in [0.1, 0.15) is 20.4 Å². The lowest BCUT2D eigenvalue weighted by molar-refractivity contribution is -0.142. The van der Waals surface area contributed by atoms with Crippen molar-refractivity contribution in [2.24, 2.45) is 5.92 Å². The van der Waals surface area contributed by atoms with E-state index in [0.717, 1.165) is 5.01 Å². The molecule has 1 aromatic heterocycles. The van der Waals surface area contributed by atoms with Gasteiger partial charge < -0.3 is 15.2 Å². The van der Waals surface area contributed by atoms with Crippen molar-refractivity contribution in [3.8, 4) is 0 Å². The zero-order valence-corrected chi connectivity index (χ0v) is 10.9. The summed E-state index contributed by atoms with van der Waals surface area (Å²) in [5, 5.41) is 12.5. The Kier molecular flexibility index (Phi) is 3.63. The Hall–Kier alpha value is -1.47. The molecule has 1 fully saturated rings. The van der Waals surface area contributed by atoms with Crippen LogP contribution in [-0.2, 0) is 9.53 Å². The molecule has 2 unspecified atom stereocenters. The van der Waals surface area contributed by atoms with Gasteiger partial charge in [0.05, 0.1) is 30.0 Å². The molecule has 1 aliphatic heterocycles. The highest BCUT2D eigenvalue weighted by Crippen LogP contribution is 2.19. The molecule has 2 rings (SSSR count). The molecule has 1 aliphatic rings. The van der Waals surface area contributed by atoms with Crippen molar-refractivity contribution in [3.05, 3.63) is 15.6 Å². The molecule has 6 nitrogen and oxygen atoms in total. The number of hydrogen-bond donors (Lipinski definition) is 2. The van der Waals surface area contributed by atoms with Gasteiger partial charge in [0.25, 0.3) is 5.91 Å². The first-order chi connectivity index (χ1) is 8.49. The van der Waals surface area contributed by atoms with Crippen LogP contribution in [0.3, 0.4) is 0 Å². The topological polar surface area (TPSA) is 88.5 Å². The molecule has 98 valence electrons. The first kappa shape index (κ1) is 13.0. The molecule has 0 bridgehead atoms. The van der Waals surface area contributed by atoms with Crippen molar-refractivity contribution in [1.82, 2.24) is 10.3 Å². The summed E-state index contributed by atoms with van der Waals surface area (Å²) in [6.07, 6.45) is 0. The van der Waals surface area contributed by atoms with Gasteiger partial charge in [0, 0.05) is 0 Å². The van der Waals surface area contributed by atoms with Gasteiger partial charge in [-0.15, -0.1) is 11.3 Å². The van der Waals surface area contributed by atoms with Crippen LogP contribution >= 0.6 is 11.3 Å². The van der Waals surface area contributed by atoms with E-state index in [1.165, 1.54) is 11.3 Å². The Labute approximate surface area is 108 Å². The summed E-state index contributed by atoms with van der Waals surface area (Å²) in [4.78, 5) is 27.7. The summed E-state index contributed by atoms with van der Waals surface area (Å²) in [6.45, 7) is 3.96. The minimum Gasteiger partial charge on any atom is -0.481 e. The molecule has 0 spiro atoms. The number of carbonyl (C=O) groups is 2. The number of carboxylic acid groups (broad SMARTS) is 1. The highest BCUT2D eigenvalue weighted by atomic mass is 32.1. The van der Waals surface area contributed by atoms with Crippen LogP contribution in [0.2, 0.25) is 0 Å². The Morgan fingerprint density at radius 1 is 1.44 bits per heavy atom. The average Bonchev–Trinajstić information content (AvgIpc) is 2.85. The predicted octanol–water partition coefficient (Wildman–Crippen LogP) is 0.589. The summed E-state index contributed by atoms with van der Waals surface area (Å²) in [5.74, 6) is -1.90. The Morgan fingerprint density at radius 2 is 2.17 bits per heavy atom. The molecule has 0 saturated carbocycles. The number of aromatic nitrogens is 1. The normalized spacial score (nSPS) is 23.0. The Morgan fingerprint density at radius 3 is 2.72 bits per heavy atom. The average molecular weight is 270 g/mol. The van der Waals surface area contributed by atoms with Crippen molar-refractivity contribution in [2.45, 2.75) is 19.9 Å². The Balaban J connectivity index is 2.07. The summed E-state index contributed by atoms with van der Waals surface area (Å²) < 4.78 is 5.10. The van der Waals surface area contributed by atoms with E-state index in [1.54, 1.807) is 6.92 Å². The largest absolute Gasteiger partial charge is 0.481 e. The van der Waals surface area contributed by atoms with Gasteiger partial charge in [0.2, 0.25) is 0 Å². The molecule has 7 heteroatoms. The minimum atomic E-state index is -0.949. The van der Waals surface area contributed by atoms with Crippen LogP contribution in [0.25, 0.3) is 0 Å². The quantitative estimate of drug-likeness (QED) is 0.839. The molecule has 18 heavy (non-hydrogen) atoms. The molecule has 2 heterocycles. The molecule has 0 aliphatic carbocycles. The standard InChI is InChI=1S/C11H14N2O4S/c1-5-9(18-6(2)12-5)10(14)13-8-4-17-3-7(8)11(15)16/h7-8H,3-4H2,1-2H3,(H,13,14)(H,15,16). The third-order valence-electron chi connectivity index (χ3n) is 2.82. The summed E-state index contributed by atoms with van der Waals surface area (Å²) in [5.41, 5.74) is 0.667. The van der Waals surface area contributed by atoms with Gasteiger partial charge in [-0.3, -0.25) is 9.59 Å². The van der Waals surface area contributed by atoms with E-state index in [9.17, 15) is 9.59 Å². The number of thiazole rings is 1. The Bertz CT molecular complexity index is 485. The smallest absolute Gasteiger partial charge is 0.311 e. The number of ether oxygens (including phenoxy) is 1. The first-order valence-electron chi connectivity index (χ1n) is 5.54. The zero-order chi connectivity index (χ0) is 13.3. The lowest BCUT2D eigenvalue weighted by Gasteiger charge is -2.15. The fraction of sp³-hybridized carbons (Fsp3) is 0.545. The van der Waals surface area contributed by atoms with Gasteiger partial charge in [0.1, 0.15) is 10.8 Å².